The highest BCUT2D eigenvalue weighted by Gasteiger charge is 2.37. The topological polar surface area (TPSA) is 58.2 Å². The zero-order valence-electron chi connectivity index (χ0n) is 14.9. The SMILES string of the molecule is C=[N+]1CC(CNc2cccnc2)=C2C(OC)=CC(c3cnn(C)c3)=CN21. The van der Waals surface area contributed by atoms with Crippen LogP contribution in [-0.4, -0.2) is 51.4 Å². The van der Waals surface area contributed by atoms with Crippen LogP contribution in [0.1, 0.15) is 5.56 Å². The molecule has 2 aromatic heterocycles. The number of anilines is 1. The van der Waals surface area contributed by atoms with Crippen LogP contribution in [0.25, 0.3) is 5.57 Å². The maximum absolute atomic E-state index is 5.69. The third-order valence-electron chi connectivity index (χ3n) is 4.45. The van der Waals surface area contributed by atoms with Crippen molar-refractivity contribution in [2.45, 2.75) is 0 Å². The van der Waals surface area contributed by atoms with Crippen molar-refractivity contribution in [2.75, 3.05) is 25.5 Å². The van der Waals surface area contributed by atoms with E-state index in [4.69, 9.17) is 4.74 Å². The molecule has 26 heavy (non-hydrogen) atoms. The van der Waals surface area contributed by atoms with Gasteiger partial charge in [0.05, 0.1) is 25.2 Å². The average Bonchev–Trinajstić information content (AvgIpc) is 3.24. The summed E-state index contributed by atoms with van der Waals surface area (Å²) >= 11 is 0. The van der Waals surface area contributed by atoms with E-state index in [1.54, 1.807) is 18.0 Å². The van der Waals surface area contributed by atoms with Gasteiger partial charge in [-0.3, -0.25) is 9.67 Å². The molecule has 4 heterocycles. The number of fused-ring (bicyclic) bond motifs is 1. The standard InChI is InChI=1S/C19H21N6O/c1-23-11-15(9-22-23)14-7-18(26-3)19-16(12-24(2)25(19)13-14)8-21-17-5-4-6-20-10-17/h4-7,9-11,13,21H,2,8,12H2,1,3H3/q+1. The highest BCUT2D eigenvalue weighted by molar-refractivity contribution is 5.76. The first-order valence-electron chi connectivity index (χ1n) is 8.35. The van der Waals surface area contributed by atoms with Crippen LogP contribution < -0.4 is 5.32 Å². The van der Waals surface area contributed by atoms with E-state index in [2.05, 4.69) is 28.3 Å². The number of hydrogen-bond donors (Lipinski definition) is 1. The molecule has 0 aliphatic carbocycles. The predicted molar refractivity (Wildman–Crippen MR) is 100 cm³/mol. The van der Waals surface area contributed by atoms with Crippen LogP contribution in [0.2, 0.25) is 0 Å². The van der Waals surface area contributed by atoms with Gasteiger partial charge in [-0.2, -0.15) is 5.10 Å². The molecule has 2 aromatic rings. The van der Waals surface area contributed by atoms with Gasteiger partial charge in [0.2, 0.25) is 0 Å². The summed E-state index contributed by atoms with van der Waals surface area (Å²) in [5.41, 5.74) is 5.30. The van der Waals surface area contributed by atoms with E-state index in [-0.39, 0.29) is 0 Å². The molecule has 7 heteroatoms. The van der Waals surface area contributed by atoms with Crippen LogP contribution >= 0.6 is 0 Å². The summed E-state index contributed by atoms with van der Waals surface area (Å²) in [6.45, 7) is 5.58. The number of methoxy groups -OCH3 is 1. The molecule has 0 unspecified atom stereocenters. The molecule has 1 N–H and O–H groups in total. The number of aryl methyl sites for hydroxylation is 1. The number of nitrogens with one attached hydrogen (secondary N) is 1. The molecule has 0 aromatic carbocycles. The lowest BCUT2D eigenvalue weighted by Gasteiger charge is -2.20. The minimum absolute atomic E-state index is 0.695. The fourth-order valence-corrected chi connectivity index (χ4v) is 3.19. The number of hydrogen-bond acceptors (Lipinski definition) is 5. The number of hydrazone groups is 1. The van der Waals surface area contributed by atoms with Crippen LogP contribution in [0.4, 0.5) is 5.69 Å². The highest BCUT2D eigenvalue weighted by Crippen LogP contribution is 2.35. The molecular weight excluding hydrogens is 328 g/mol. The molecule has 0 fully saturated rings. The Labute approximate surface area is 152 Å². The number of allylic oxidation sites excluding steroid dienone is 2. The second-order valence-corrected chi connectivity index (χ2v) is 6.26. The van der Waals surface area contributed by atoms with Gasteiger partial charge in [0.15, 0.2) is 19.0 Å². The Bertz CT molecular complexity index is 938. The van der Waals surface area contributed by atoms with Gasteiger partial charge in [-0.1, -0.05) is 0 Å². The summed E-state index contributed by atoms with van der Waals surface area (Å²) in [4.78, 5) is 4.14. The van der Waals surface area contributed by atoms with Gasteiger partial charge < -0.3 is 10.1 Å². The van der Waals surface area contributed by atoms with Gasteiger partial charge in [-0.05, 0) is 18.2 Å². The third kappa shape index (κ3) is 2.88. The zero-order chi connectivity index (χ0) is 18.1. The largest absolute Gasteiger partial charge is 0.494 e. The van der Waals surface area contributed by atoms with Gasteiger partial charge >= 0.3 is 0 Å². The molecule has 4 rings (SSSR count). The number of hydrazine groups is 1. The summed E-state index contributed by atoms with van der Waals surface area (Å²) in [7, 11) is 3.60. The van der Waals surface area contributed by atoms with Crippen molar-refractivity contribution in [3.05, 3.63) is 71.8 Å². The van der Waals surface area contributed by atoms with Crippen LogP contribution in [0.5, 0.6) is 0 Å². The maximum Gasteiger partial charge on any atom is 0.197 e. The molecule has 2 aliphatic heterocycles. The first-order chi connectivity index (χ1) is 12.7. The van der Waals surface area contributed by atoms with Gasteiger partial charge in [-0.15, -0.1) is 9.69 Å². The van der Waals surface area contributed by atoms with Gasteiger partial charge in [0, 0.05) is 48.9 Å². The summed E-state index contributed by atoms with van der Waals surface area (Å²) < 4.78 is 9.41. The van der Waals surface area contributed by atoms with E-state index in [0.29, 0.717) is 6.54 Å². The number of rotatable bonds is 5. The van der Waals surface area contributed by atoms with Crippen molar-refractivity contribution in [3.8, 4) is 0 Å². The Morgan fingerprint density at radius 1 is 1.38 bits per heavy atom. The van der Waals surface area contributed by atoms with E-state index < -0.39 is 0 Å². The Kier molecular flexibility index (Phi) is 4.04. The van der Waals surface area contributed by atoms with Gasteiger partial charge in [0.1, 0.15) is 5.76 Å². The van der Waals surface area contributed by atoms with E-state index >= 15 is 0 Å². The van der Waals surface area contributed by atoms with Gasteiger partial charge in [0.25, 0.3) is 0 Å². The van der Waals surface area contributed by atoms with Crippen molar-refractivity contribution < 1.29 is 9.42 Å². The van der Waals surface area contributed by atoms with Crippen molar-refractivity contribution >= 4 is 18.0 Å². The fraction of sp³-hybridized carbons (Fsp3) is 0.211. The van der Waals surface area contributed by atoms with E-state index in [1.165, 1.54) is 5.57 Å². The lowest BCUT2D eigenvalue weighted by Crippen LogP contribution is -2.26. The summed E-state index contributed by atoms with van der Waals surface area (Å²) in [5, 5.41) is 9.71. The Balaban J connectivity index is 1.65. The quantitative estimate of drug-likeness (QED) is 0.837. The first-order valence-corrected chi connectivity index (χ1v) is 8.35. The molecule has 0 amide bonds. The van der Waals surface area contributed by atoms with E-state index in [0.717, 1.165) is 34.8 Å². The molecule has 0 saturated heterocycles. The fourth-order valence-electron chi connectivity index (χ4n) is 3.19. The van der Waals surface area contributed by atoms with Crippen molar-refractivity contribution in [1.29, 1.82) is 0 Å². The van der Waals surface area contributed by atoms with Crippen molar-refractivity contribution in [2.24, 2.45) is 7.05 Å². The van der Waals surface area contributed by atoms with Crippen LogP contribution in [0, 0.1) is 0 Å². The minimum Gasteiger partial charge on any atom is -0.494 e. The second kappa shape index (κ2) is 6.51. The van der Waals surface area contributed by atoms with E-state index in [1.807, 2.05) is 53.5 Å². The average molecular weight is 349 g/mol. The highest BCUT2D eigenvalue weighted by atomic mass is 16.5. The van der Waals surface area contributed by atoms with Crippen LogP contribution in [0.15, 0.2) is 66.2 Å². The molecule has 2 aliphatic rings. The number of nitrogens with zero attached hydrogens (tertiary/aromatic N) is 5. The summed E-state index contributed by atoms with van der Waals surface area (Å²) in [6, 6.07) is 3.92. The number of ether oxygens (including phenoxy) is 1. The third-order valence-corrected chi connectivity index (χ3v) is 4.45. The van der Waals surface area contributed by atoms with Gasteiger partial charge in [-0.25, -0.2) is 0 Å². The zero-order valence-corrected chi connectivity index (χ0v) is 14.9. The smallest absolute Gasteiger partial charge is 0.197 e. The van der Waals surface area contributed by atoms with Crippen molar-refractivity contribution in [3.63, 3.8) is 0 Å². The molecule has 0 radical (unpaired) electrons. The lowest BCUT2D eigenvalue weighted by molar-refractivity contribution is -0.641. The Morgan fingerprint density at radius 3 is 2.96 bits per heavy atom. The molecule has 132 valence electrons. The number of pyridine rings is 1. The first kappa shape index (κ1) is 16.1. The lowest BCUT2D eigenvalue weighted by atomic mass is 10.0. The molecule has 7 nitrogen and oxygen atoms in total. The summed E-state index contributed by atoms with van der Waals surface area (Å²) in [5.74, 6) is 0.820. The molecule has 0 atom stereocenters. The molecule has 0 bridgehead atoms. The molecule has 0 spiro atoms. The Hall–Kier alpha value is -3.35. The number of aromatic nitrogens is 3. The van der Waals surface area contributed by atoms with Crippen LogP contribution in [-0.2, 0) is 11.8 Å². The molecule has 0 saturated carbocycles. The maximum atomic E-state index is 5.69. The summed E-state index contributed by atoms with van der Waals surface area (Å²) in [6.07, 6.45) is 11.5. The second-order valence-electron chi connectivity index (χ2n) is 6.26. The van der Waals surface area contributed by atoms with E-state index in [9.17, 15) is 0 Å². The Morgan fingerprint density at radius 2 is 2.27 bits per heavy atom. The predicted octanol–water partition coefficient (Wildman–Crippen LogP) is 2.01. The molecular formula is C19H21N6O+. The van der Waals surface area contributed by atoms with Crippen LogP contribution in [0.3, 0.4) is 0 Å². The normalized spacial score (nSPS) is 16.4. The van der Waals surface area contributed by atoms with Crippen molar-refractivity contribution in [1.82, 2.24) is 19.8 Å². The minimum atomic E-state index is 0.695. The monoisotopic (exact) mass is 349 g/mol.